The minimum Gasteiger partial charge on any atom is -0.327 e. The second-order valence-corrected chi connectivity index (χ2v) is 13.5. The van der Waals surface area contributed by atoms with Crippen LogP contribution in [0.15, 0.2) is 47.4 Å². The predicted octanol–water partition coefficient (Wildman–Crippen LogP) is 4.29. The molecule has 0 saturated carbocycles. The molecule has 2 aromatic carbocycles. The van der Waals surface area contributed by atoms with Crippen molar-refractivity contribution in [2.75, 3.05) is 18.1 Å². The van der Waals surface area contributed by atoms with Gasteiger partial charge >= 0.3 is 0 Å². The Morgan fingerprint density at radius 2 is 1.50 bits per heavy atom. The van der Waals surface area contributed by atoms with Crippen LogP contribution in [0.1, 0.15) is 45.6 Å². The molecule has 36 heavy (non-hydrogen) atoms. The van der Waals surface area contributed by atoms with Crippen molar-refractivity contribution in [2.24, 2.45) is 11.7 Å². The molecule has 0 aliphatic carbocycles. The average molecular weight is 549 g/mol. The number of nitrogens with zero attached hydrogens (tertiary/aromatic N) is 1. The van der Waals surface area contributed by atoms with Crippen molar-refractivity contribution < 1.29 is 30.0 Å². The van der Waals surface area contributed by atoms with Gasteiger partial charge in [0, 0.05) is 24.7 Å². The summed E-state index contributed by atoms with van der Waals surface area (Å²) in [6.07, 6.45) is 1.08. The molecule has 202 valence electrons. The Balaban J connectivity index is 2.12. The molecule has 2 aromatic rings. The van der Waals surface area contributed by atoms with E-state index in [1.54, 1.807) is 18.2 Å². The third-order valence-electron chi connectivity index (χ3n) is 5.94. The minimum absolute atomic E-state index is 0.00971. The van der Waals surface area contributed by atoms with Crippen LogP contribution in [0.3, 0.4) is 0 Å². The van der Waals surface area contributed by atoms with Gasteiger partial charge in [0.1, 0.15) is 5.82 Å². The van der Waals surface area contributed by atoms with Crippen molar-refractivity contribution in [2.45, 2.75) is 63.4 Å². The maximum Gasteiger partial charge on any atom is 0.215 e. The van der Waals surface area contributed by atoms with Gasteiger partial charge in [0.2, 0.25) is 10.0 Å². The van der Waals surface area contributed by atoms with Gasteiger partial charge in [-0.3, -0.25) is 0 Å². The Kier molecular flexibility index (Phi) is 11.0. The van der Waals surface area contributed by atoms with Crippen LogP contribution < -0.4 is 5.73 Å². The van der Waals surface area contributed by atoms with E-state index in [9.17, 15) is 30.0 Å². The number of sulfonamides is 1. The SMILES string of the molecule is CCC(CC[C@H](N)Cc1cc(F)c(F)cc1F)N(CC(C)C)S(=O)(=O)CCS(=O)(=O)c1ccccc1. The number of sulfone groups is 1. The standard InChI is InChI=1S/C25H35F3N2O4S2/c1-4-21(11-10-20(29)14-19-15-24(27)25(28)16-23(19)26)30(17-18(2)3)36(33,34)13-12-35(31,32)22-8-6-5-7-9-22/h5-9,15-16,18,20-21H,4,10-14,17,29H2,1-3H3/t20-,21?/m0/s1. The molecule has 6 nitrogen and oxygen atoms in total. The number of nitrogens with two attached hydrogens (primary N) is 1. The highest BCUT2D eigenvalue weighted by Crippen LogP contribution is 2.22. The quantitative estimate of drug-likeness (QED) is 0.355. The first-order valence-corrected chi connectivity index (χ1v) is 15.2. The number of benzene rings is 2. The van der Waals surface area contributed by atoms with Crippen molar-refractivity contribution in [3.05, 3.63) is 65.5 Å². The highest BCUT2D eigenvalue weighted by molar-refractivity contribution is 7.94. The van der Waals surface area contributed by atoms with Gasteiger partial charge in [-0.05, 0) is 55.4 Å². The molecule has 2 rings (SSSR count). The van der Waals surface area contributed by atoms with E-state index in [-0.39, 0.29) is 29.3 Å². The zero-order chi connectivity index (χ0) is 27.1. The molecule has 0 radical (unpaired) electrons. The Hall–Kier alpha value is -1.95. The van der Waals surface area contributed by atoms with Crippen LogP contribution in [0, 0.1) is 23.4 Å². The summed E-state index contributed by atoms with van der Waals surface area (Å²) < 4.78 is 93.9. The summed E-state index contributed by atoms with van der Waals surface area (Å²) in [6, 6.07) is 7.90. The topological polar surface area (TPSA) is 97.5 Å². The van der Waals surface area contributed by atoms with Crippen LogP contribution in [0.2, 0.25) is 0 Å². The van der Waals surface area contributed by atoms with E-state index >= 15 is 0 Å². The largest absolute Gasteiger partial charge is 0.327 e. The van der Waals surface area contributed by atoms with Gasteiger partial charge in [0.25, 0.3) is 0 Å². The molecule has 0 spiro atoms. The van der Waals surface area contributed by atoms with Gasteiger partial charge in [0.05, 0.1) is 16.4 Å². The molecule has 0 heterocycles. The fourth-order valence-electron chi connectivity index (χ4n) is 3.99. The lowest BCUT2D eigenvalue weighted by Gasteiger charge is -2.32. The molecule has 0 bridgehead atoms. The molecule has 2 atom stereocenters. The second kappa shape index (κ2) is 13.0. The van der Waals surface area contributed by atoms with Crippen molar-refractivity contribution in [1.82, 2.24) is 4.31 Å². The van der Waals surface area contributed by atoms with Crippen LogP contribution in [0.25, 0.3) is 0 Å². The van der Waals surface area contributed by atoms with Gasteiger partial charge in [0.15, 0.2) is 21.5 Å². The Bertz CT molecular complexity index is 1210. The third-order valence-corrected chi connectivity index (χ3v) is 9.81. The highest BCUT2D eigenvalue weighted by atomic mass is 32.2. The first-order valence-electron chi connectivity index (χ1n) is 11.9. The van der Waals surface area contributed by atoms with Crippen molar-refractivity contribution in [3.63, 3.8) is 0 Å². The normalized spacial score (nSPS) is 14.4. The van der Waals surface area contributed by atoms with E-state index in [0.717, 1.165) is 6.07 Å². The smallest absolute Gasteiger partial charge is 0.215 e. The van der Waals surface area contributed by atoms with Gasteiger partial charge in [-0.25, -0.2) is 30.0 Å². The van der Waals surface area contributed by atoms with Crippen LogP contribution in [-0.2, 0) is 26.3 Å². The van der Waals surface area contributed by atoms with E-state index in [1.807, 2.05) is 20.8 Å². The molecular formula is C25H35F3N2O4S2. The average Bonchev–Trinajstić information content (AvgIpc) is 2.81. The minimum atomic E-state index is -3.93. The maximum absolute atomic E-state index is 14.0. The summed E-state index contributed by atoms with van der Waals surface area (Å²) in [4.78, 5) is 0.0677. The molecule has 0 amide bonds. The van der Waals surface area contributed by atoms with Gasteiger partial charge in [-0.15, -0.1) is 0 Å². The molecule has 1 unspecified atom stereocenters. The molecule has 0 aromatic heterocycles. The molecule has 0 aliphatic rings. The lowest BCUT2D eigenvalue weighted by Crippen LogP contribution is -2.45. The van der Waals surface area contributed by atoms with E-state index in [4.69, 9.17) is 5.73 Å². The molecular weight excluding hydrogens is 513 g/mol. The van der Waals surface area contributed by atoms with E-state index in [2.05, 4.69) is 0 Å². The lowest BCUT2D eigenvalue weighted by molar-refractivity contribution is 0.263. The number of halogens is 3. The Morgan fingerprint density at radius 1 is 0.889 bits per heavy atom. The zero-order valence-electron chi connectivity index (χ0n) is 20.8. The molecule has 0 aliphatic heterocycles. The zero-order valence-corrected chi connectivity index (χ0v) is 22.5. The summed E-state index contributed by atoms with van der Waals surface area (Å²) in [5.41, 5.74) is 6.08. The van der Waals surface area contributed by atoms with Crippen molar-refractivity contribution in [1.29, 1.82) is 0 Å². The van der Waals surface area contributed by atoms with E-state index in [0.29, 0.717) is 25.3 Å². The van der Waals surface area contributed by atoms with E-state index in [1.165, 1.54) is 16.4 Å². The second-order valence-electron chi connectivity index (χ2n) is 9.37. The van der Waals surface area contributed by atoms with Crippen molar-refractivity contribution in [3.8, 4) is 0 Å². The fourth-order valence-corrected chi connectivity index (χ4v) is 7.99. The monoisotopic (exact) mass is 548 g/mol. The fraction of sp³-hybridized carbons (Fsp3) is 0.520. The maximum atomic E-state index is 14.0. The molecule has 0 fully saturated rings. The first-order chi connectivity index (χ1) is 16.8. The number of rotatable bonds is 14. The first kappa shape index (κ1) is 30.3. The van der Waals surface area contributed by atoms with Gasteiger partial charge in [-0.2, -0.15) is 4.31 Å². The summed E-state index contributed by atoms with van der Waals surface area (Å²) in [5.74, 6) is -4.44. The summed E-state index contributed by atoms with van der Waals surface area (Å²) in [7, 11) is -7.71. The molecule has 11 heteroatoms. The highest BCUT2D eigenvalue weighted by Gasteiger charge is 2.31. The number of hydrogen-bond acceptors (Lipinski definition) is 5. The summed E-state index contributed by atoms with van der Waals surface area (Å²) in [5, 5.41) is 0. The summed E-state index contributed by atoms with van der Waals surface area (Å²) >= 11 is 0. The van der Waals surface area contributed by atoms with Crippen LogP contribution >= 0.6 is 0 Å². The van der Waals surface area contributed by atoms with Crippen LogP contribution in [0.4, 0.5) is 13.2 Å². The lowest BCUT2D eigenvalue weighted by atomic mass is 9.98. The predicted molar refractivity (Wildman–Crippen MR) is 135 cm³/mol. The Labute approximate surface area is 212 Å². The van der Waals surface area contributed by atoms with Gasteiger partial charge in [-0.1, -0.05) is 39.0 Å². The molecule has 2 N–H and O–H groups in total. The van der Waals surface area contributed by atoms with Crippen LogP contribution in [-0.4, -0.2) is 51.3 Å². The Morgan fingerprint density at radius 3 is 2.08 bits per heavy atom. The van der Waals surface area contributed by atoms with E-state index < -0.39 is 60.9 Å². The number of hydrogen-bond donors (Lipinski definition) is 1. The summed E-state index contributed by atoms with van der Waals surface area (Å²) in [6.45, 7) is 5.77. The third kappa shape index (κ3) is 8.57. The van der Waals surface area contributed by atoms with Gasteiger partial charge < -0.3 is 5.73 Å². The van der Waals surface area contributed by atoms with Crippen LogP contribution in [0.5, 0.6) is 0 Å². The molecule has 0 saturated heterocycles. The van der Waals surface area contributed by atoms with Crippen molar-refractivity contribution >= 4 is 19.9 Å².